The van der Waals surface area contributed by atoms with Crippen molar-refractivity contribution in [2.45, 2.75) is 51.7 Å². The maximum atomic E-state index is 4.47. The fourth-order valence-corrected chi connectivity index (χ4v) is 2.82. The molecule has 1 aromatic rings. The number of anilines is 1. The minimum atomic E-state index is 0.441. The molecule has 0 bridgehead atoms. The van der Waals surface area contributed by atoms with Gasteiger partial charge in [0, 0.05) is 37.4 Å². The Balaban J connectivity index is 1.75. The summed E-state index contributed by atoms with van der Waals surface area (Å²) < 4.78 is 2.05. The summed E-state index contributed by atoms with van der Waals surface area (Å²) in [6, 6.07) is 1.68. The molecule has 1 aliphatic carbocycles. The summed E-state index contributed by atoms with van der Waals surface area (Å²) in [6.45, 7) is 8.86. The molecule has 4 heteroatoms. The summed E-state index contributed by atoms with van der Waals surface area (Å²) in [4.78, 5) is 2.52. The fraction of sp³-hybridized carbons (Fsp3) is 0.786. The molecule has 1 saturated heterocycles. The van der Waals surface area contributed by atoms with Crippen molar-refractivity contribution < 1.29 is 0 Å². The highest BCUT2D eigenvalue weighted by atomic mass is 15.3. The fourth-order valence-electron chi connectivity index (χ4n) is 2.82. The van der Waals surface area contributed by atoms with Gasteiger partial charge in [-0.2, -0.15) is 5.10 Å². The lowest BCUT2D eigenvalue weighted by molar-refractivity contribution is 0.376. The molecule has 0 aromatic carbocycles. The summed E-state index contributed by atoms with van der Waals surface area (Å²) in [7, 11) is 0. The van der Waals surface area contributed by atoms with Gasteiger partial charge in [-0.3, -0.25) is 4.68 Å². The zero-order valence-electron chi connectivity index (χ0n) is 11.6. The third kappa shape index (κ3) is 2.26. The number of nitrogens with zero attached hydrogens (tertiary/aromatic N) is 3. The van der Waals surface area contributed by atoms with Crippen LogP contribution in [0.1, 0.15) is 39.7 Å². The van der Waals surface area contributed by atoms with Gasteiger partial charge in [-0.1, -0.05) is 0 Å². The molecule has 1 aromatic heterocycles. The Morgan fingerprint density at radius 1 is 1.39 bits per heavy atom. The van der Waals surface area contributed by atoms with E-state index in [4.69, 9.17) is 0 Å². The first-order valence-corrected chi connectivity index (χ1v) is 7.19. The average Bonchev–Trinajstić information content (AvgIpc) is 3.07. The lowest BCUT2D eigenvalue weighted by Gasteiger charge is -2.39. The maximum absolute atomic E-state index is 4.47. The average molecular weight is 248 g/mol. The molecule has 2 unspecified atom stereocenters. The van der Waals surface area contributed by atoms with E-state index in [1.807, 2.05) is 6.20 Å². The number of hydrogen-bond donors (Lipinski definition) is 1. The highest BCUT2D eigenvalue weighted by molar-refractivity contribution is 5.44. The van der Waals surface area contributed by atoms with Crippen molar-refractivity contribution >= 4 is 5.69 Å². The minimum Gasteiger partial charge on any atom is -0.363 e. The summed E-state index contributed by atoms with van der Waals surface area (Å²) in [5.74, 6) is 0.917. The molecule has 2 aliphatic rings. The van der Waals surface area contributed by atoms with Crippen LogP contribution in [0.2, 0.25) is 0 Å². The number of hydrogen-bond acceptors (Lipinski definition) is 3. The molecule has 1 saturated carbocycles. The molecule has 18 heavy (non-hydrogen) atoms. The van der Waals surface area contributed by atoms with E-state index in [1.54, 1.807) is 0 Å². The highest BCUT2D eigenvalue weighted by Gasteiger charge is 2.36. The summed E-state index contributed by atoms with van der Waals surface area (Å²) >= 11 is 0. The maximum Gasteiger partial charge on any atom is 0.0756 e. The van der Waals surface area contributed by atoms with Gasteiger partial charge in [0.2, 0.25) is 0 Å². The normalized spacial score (nSPS) is 29.0. The van der Waals surface area contributed by atoms with Gasteiger partial charge < -0.3 is 10.2 Å². The first-order chi connectivity index (χ1) is 8.65. The topological polar surface area (TPSA) is 33.1 Å². The van der Waals surface area contributed by atoms with Crippen LogP contribution in [0.5, 0.6) is 0 Å². The van der Waals surface area contributed by atoms with Crippen molar-refractivity contribution in [1.82, 2.24) is 15.1 Å². The van der Waals surface area contributed by atoms with Gasteiger partial charge in [0.15, 0.2) is 0 Å². The van der Waals surface area contributed by atoms with Gasteiger partial charge in [0.1, 0.15) is 0 Å². The van der Waals surface area contributed by atoms with Crippen LogP contribution in [0, 0.1) is 5.92 Å². The van der Waals surface area contributed by atoms with Crippen LogP contribution in [0.4, 0.5) is 5.69 Å². The number of aromatic nitrogens is 2. The predicted molar refractivity (Wildman–Crippen MR) is 73.9 cm³/mol. The van der Waals surface area contributed by atoms with Gasteiger partial charge in [-0.15, -0.1) is 0 Å². The minimum absolute atomic E-state index is 0.441. The third-order valence-electron chi connectivity index (χ3n) is 4.24. The van der Waals surface area contributed by atoms with Crippen LogP contribution in [-0.2, 0) is 0 Å². The highest BCUT2D eigenvalue weighted by Crippen LogP contribution is 2.35. The molecule has 0 radical (unpaired) electrons. The van der Waals surface area contributed by atoms with E-state index in [1.165, 1.54) is 18.5 Å². The molecule has 1 N–H and O–H groups in total. The van der Waals surface area contributed by atoms with Crippen LogP contribution in [0.15, 0.2) is 12.4 Å². The number of rotatable bonds is 3. The molecule has 1 aliphatic heterocycles. The van der Waals surface area contributed by atoms with E-state index >= 15 is 0 Å². The van der Waals surface area contributed by atoms with Crippen molar-refractivity contribution in [3.05, 3.63) is 12.4 Å². The largest absolute Gasteiger partial charge is 0.363 e. The van der Waals surface area contributed by atoms with Crippen molar-refractivity contribution in [2.75, 3.05) is 18.0 Å². The molecule has 2 atom stereocenters. The smallest absolute Gasteiger partial charge is 0.0756 e. The van der Waals surface area contributed by atoms with Gasteiger partial charge in [-0.05, 0) is 39.5 Å². The standard InChI is InChI=1S/C14H24N4/c1-10(2)18-8-13(7-16-18)17-9-14(12-4-5-12)15-6-11(17)3/h7-8,10-12,14-15H,4-6,9H2,1-3H3. The lowest BCUT2D eigenvalue weighted by Crippen LogP contribution is -2.56. The molecule has 4 nitrogen and oxygen atoms in total. The van der Waals surface area contributed by atoms with E-state index < -0.39 is 0 Å². The molecule has 0 amide bonds. The van der Waals surface area contributed by atoms with Gasteiger partial charge in [0.25, 0.3) is 0 Å². The molecule has 0 spiro atoms. The lowest BCUT2D eigenvalue weighted by atomic mass is 10.1. The van der Waals surface area contributed by atoms with Crippen molar-refractivity contribution in [3.8, 4) is 0 Å². The predicted octanol–water partition coefficient (Wildman–Crippen LogP) is 2.04. The third-order valence-corrected chi connectivity index (χ3v) is 4.24. The van der Waals surface area contributed by atoms with Crippen molar-refractivity contribution in [1.29, 1.82) is 0 Å². The quantitative estimate of drug-likeness (QED) is 0.888. The first-order valence-electron chi connectivity index (χ1n) is 7.19. The van der Waals surface area contributed by atoms with Gasteiger partial charge in [-0.25, -0.2) is 0 Å². The number of nitrogens with one attached hydrogen (secondary N) is 1. The van der Waals surface area contributed by atoms with Gasteiger partial charge >= 0.3 is 0 Å². The molecule has 2 heterocycles. The van der Waals surface area contributed by atoms with Crippen molar-refractivity contribution in [2.24, 2.45) is 5.92 Å². The number of piperazine rings is 1. The Labute approximate surface area is 109 Å². The zero-order valence-corrected chi connectivity index (χ0v) is 11.6. The molecular formula is C14H24N4. The van der Waals surface area contributed by atoms with Crippen LogP contribution in [0.3, 0.4) is 0 Å². The first kappa shape index (κ1) is 12.0. The van der Waals surface area contributed by atoms with E-state index in [9.17, 15) is 0 Å². The molecule has 2 fully saturated rings. The molecule has 3 rings (SSSR count). The van der Waals surface area contributed by atoms with Gasteiger partial charge in [0.05, 0.1) is 11.9 Å². The van der Waals surface area contributed by atoms with Crippen molar-refractivity contribution in [3.63, 3.8) is 0 Å². The van der Waals surface area contributed by atoms with E-state index in [0.29, 0.717) is 18.1 Å². The molecule has 100 valence electrons. The van der Waals surface area contributed by atoms with E-state index in [0.717, 1.165) is 19.0 Å². The van der Waals surface area contributed by atoms with E-state index in [2.05, 4.69) is 47.0 Å². The Bertz CT molecular complexity index is 408. The second kappa shape index (κ2) is 4.57. The summed E-state index contributed by atoms with van der Waals surface area (Å²) in [5, 5.41) is 8.16. The van der Waals surface area contributed by atoms with E-state index in [-0.39, 0.29) is 0 Å². The van der Waals surface area contributed by atoms with Crippen LogP contribution < -0.4 is 10.2 Å². The van der Waals surface area contributed by atoms with Crippen LogP contribution >= 0.6 is 0 Å². The summed E-state index contributed by atoms with van der Waals surface area (Å²) in [6.07, 6.45) is 7.03. The molecular weight excluding hydrogens is 224 g/mol. The zero-order chi connectivity index (χ0) is 12.7. The van der Waals surface area contributed by atoms with Crippen LogP contribution in [-0.4, -0.2) is 35.0 Å². The second-order valence-electron chi connectivity index (χ2n) is 6.13. The second-order valence-corrected chi connectivity index (χ2v) is 6.13. The Kier molecular flexibility index (Phi) is 3.06. The summed E-state index contributed by atoms with van der Waals surface area (Å²) in [5.41, 5.74) is 1.28. The Morgan fingerprint density at radius 3 is 2.78 bits per heavy atom. The SMILES string of the molecule is CC1CNC(C2CC2)CN1c1cnn(C(C)C)c1. The Hall–Kier alpha value is -1.03. The van der Waals surface area contributed by atoms with Crippen LogP contribution in [0.25, 0.3) is 0 Å². The Morgan fingerprint density at radius 2 is 2.17 bits per heavy atom. The monoisotopic (exact) mass is 248 g/mol.